The minimum atomic E-state index is -0.219. The lowest BCUT2D eigenvalue weighted by Gasteiger charge is -2.17. The van der Waals surface area contributed by atoms with Crippen LogP contribution >= 0.6 is 0 Å². The largest absolute Gasteiger partial charge is 0.494 e. The fraction of sp³-hybridized carbons (Fsp3) is 0.533. The quantitative estimate of drug-likeness (QED) is 0.215. The van der Waals surface area contributed by atoms with Crippen molar-refractivity contribution >= 4 is 22.6 Å². The fourth-order valence-corrected chi connectivity index (χ4v) is 4.42. The van der Waals surface area contributed by atoms with Crippen LogP contribution in [0.3, 0.4) is 0 Å². The maximum absolute atomic E-state index is 13.7. The molecule has 0 saturated carbocycles. The predicted molar refractivity (Wildman–Crippen MR) is 150 cm³/mol. The van der Waals surface area contributed by atoms with E-state index in [1.807, 2.05) is 36.4 Å². The minimum absolute atomic E-state index is 0.0794. The number of unbranched alkanes of at least 4 members (excludes halogenated alkanes) is 4. The van der Waals surface area contributed by atoms with Crippen LogP contribution in [-0.2, 0) is 6.42 Å². The van der Waals surface area contributed by atoms with Crippen LogP contribution in [0.2, 0.25) is 0 Å². The summed E-state index contributed by atoms with van der Waals surface area (Å²) < 4.78 is 5.81. The Hall–Kier alpha value is -2.86. The second kappa shape index (κ2) is 12.9. The molecule has 0 aliphatic rings. The Labute approximate surface area is 216 Å². The molecule has 1 atom stereocenters. The van der Waals surface area contributed by atoms with Crippen LogP contribution in [0.15, 0.2) is 36.4 Å². The number of H-pyrrole nitrogens is 1. The molecule has 6 nitrogen and oxygen atoms in total. The summed E-state index contributed by atoms with van der Waals surface area (Å²) in [4.78, 5) is 21.9. The average molecular weight is 493 g/mol. The van der Waals surface area contributed by atoms with Gasteiger partial charge in [-0.05, 0) is 54.2 Å². The molecule has 0 saturated heterocycles. The number of imidazole rings is 1. The number of aromatic amines is 1. The molecule has 4 N–H and O–H groups in total. The molecule has 3 rings (SSSR count). The fourth-order valence-electron chi connectivity index (χ4n) is 4.42. The van der Waals surface area contributed by atoms with Crippen LogP contribution in [0.25, 0.3) is 11.0 Å². The van der Waals surface area contributed by atoms with Crippen molar-refractivity contribution in [3.8, 4) is 5.75 Å². The SMILES string of the molecule is CCCCCOc1ccc(NC(=O)c2c(C(N)CCCCC)ccc3[nH]c(CC(C)(C)C)nc23)cc1. The Bertz CT molecular complexity index is 1110. The van der Waals surface area contributed by atoms with Gasteiger partial charge in [-0.3, -0.25) is 4.79 Å². The monoisotopic (exact) mass is 492 g/mol. The number of nitrogens with two attached hydrogens (primary N) is 1. The van der Waals surface area contributed by atoms with E-state index >= 15 is 0 Å². The van der Waals surface area contributed by atoms with Crippen LogP contribution in [-0.4, -0.2) is 22.5 Å². The third kappa shape index (κ3) is 7.82. The zero-order chi connectivity index (χ0) is 26.1. The van der Waals surface area contributed by atoms with Crippen molar-refractivity contribution in [2.45, 2.75) is 92.0 Å². The number of nitrogens with one attached hydrogen (secondary N) is 2. The minimum Gasteiger partial charge on any atom is -0.494 e. The van der Waals surface area contributed by atoms with E-state index in [1.54, 1.807) is 0 Å². The first kappa shape index (κ1) is 27.7. The summed E-state index contributed by atoms with van der Waals surface area (Å²) in [5.74, 6) is 1.50. The Balaban J connectivity index is 1.87. The molecule has 0 radical (unpaired) electrons. The van der Waals surface area contributed by atoms with Crippen LogP contribution in [0.5, 0.6) is 5.75 Å². The lowest BCUT2D eigenvalue weighted by Crippen LogP contribution is -2.20. The number of carbonyl (C=O) groups is 1. The number of benzene rings is 2. The van der Waals surface area contributed by atoms with E-state index in [2.05, 4.69) is 44.9 Å². The van der Waals surface area contributed by atoms with Gasteiger partial charge in [-0.1, -0.05) is 72.8 Å². The summed E-state index contributed by atoms with van der Waals surface area (Å²) in [5.41, 5.74) is 10.4. The lowest BCUT2D eigenvalue weighted by atomic mass is 9.92. The molecule has 1 amide bonds. The molecule has 0 bridgehead atoms. The first-order chi connectivity index (χ1) is 17.2. The van der Waals surface area contributed by atoms with E-state index in [1.165, 1.54) is 6.42 Å². The number of nitrogens with zero attached hydrogens (tertiary/aromatic N) is 1. The molecule has 0 aliphatic carbocycles. The molecule has 1 unspecified atom stereocenters. The van der Waals surface area contributed by atoms with Crippen LogP contribution in [0.1, 0.15) is 107 Å². The highest BCUT2D eigenvalue weighted by Crippen LogP contribution is 2.30. The van der Waals surface area contributed by atoms with Gasteiger partial charge in [-0.25, -0.2) is 4.98 Å². The average Bonchev–Trinajstić information content (AvgIpc) is 3.22. The second-order valence-electron chi connectivity index (χ2n) is 11.0. The maximum Gasteiger partial charge on any atom is 0.258 e. The number of ether oxygens (including phenoxy) is 1. The van der Waals surface area contributed by atoms with Crippen LogP contribution < -0.4 is 15.8 Å². The van der Waals surface area contributed by atoms with Gasteiger partial charge < -0.3 is 20.8 Å². The molecular weight excluding hydrogens is 448 g/mol. The molecule has 3 aromatic rings. The summed E-state index contributed by atoms with van der Waals surface area (Å²) in [6.45, 7) is 11.6. The molecule has 6 heteroatoms. The zero-order valence-corrected chi connectivity index (χ0v) is 22.7. The number of anilines is 1. The van der Waals surface area contributed by atoms with E-state index in [-0.39, 0.29) is 17.4 Å². The number of aromatic nitrogens is 2. The molecule has 1 aromatic heterocycles. The number of rotatable bonds is 13. The van der Waals surface area contributed by atoms with Crippen molar-refractivity contribution in [1.82, 2.24) is 9.97 Å². The Morgan fingerprint density at radius 3 is 2.39 bits per heavy atom. The predicted octanol–water partition coefficient (Wildman–Crippen LogP) is 7.55. The van der Waals surface area contributed by atoms with Crippen molar-refractivity contribution in [2.24, 2.45) is 11.1 Å². The number of amides is 1. The summed E-state index contributed by atoms with van der Waals surface area (Å²) in [7, 11) is 0. The van der Waals surface area contributed by atoms with E-state index in [4.69, 9.17) is 15.5 Å². The molecule has 1 heterocycles. The van der Waals surface area contributed by atoms with Gasteiger partial charge in [0.1, 0.15) is 17.1 Å². The number of carbonyl (C=O) groups excluding carboxylic acids is 1. The van der Waals surface area contributed by atoms with E-state index < -0.39 is 0 Å². The van der Waals surface area contributed by atoms with Crippen molar-refractivity contribution in [2.75, 3.05) is 11.9 Å². The zero-order valence-electron chi connectivity index (χ0n) is 22.7. The van der Waals surface area contributed by atoms with Crippen LogP contribution in [0.4, 0.5) is 5.69 Å². The summed E-state index contributed by atoms with van der Waals surface area (Å²) in [6, 6.07) is 11.3. The standard InChI is InChI=1S/C30H44N4O2/c1-6-8-10-12-24(31)23-17-18-25-28(34-26(33-25)20-30(3,4)5)27(23)29(35)32-21-13-15-22(16-14-21)36-19-11-9-7-2/h13-18,24H,6-12,19-20,31H2,1-5H3,(H,32,35)(H,33,34). The molecule has 196 valence electrons. The topological polar surface area (TPSA) is 93.0 Å². The van der Waals surface area contributed by atoms with Gasteiger partial charge in [-0.2, -0.15) is 0 Å². The van der Waals surface area contributed by atoms with Gasteiger partial charge >= 0.3 is 0 Å². The molecule has 36 heavy (non-hydrogen) atoms. The van der Waals surface area contributed by atoms with E-state index in [9.17, 15) is 4.79 Å². The first-order valence-electron chi connectivity index (χ1n) is 13.5. The number of fused-ring (bicyclic) bond motifs is 1. The van der Waals surface area contributed by atoms with Gasteiger partial charge in [0.05, 0.1) is 17.7 Å². The van der Waals surface area contributed by atoms with Gasteiger partial charge in [0.25, 0.3) is 5.91 Å². The van der Waals surface area contributed by atoms with E-state index in [0.717, 1.165) is 67.6 Å². The molecule has 0 fully saturated rings. The van der Waals surface area contributed by atoms with E-state index in [0.29, 0.717) is 23.4 Å². The smallest absolute Gasteiger partial charge is 0.258 e. The highest BCUT2D eigenvalue weighted by atomic mass is 16.5. The van der Waals surface area contributed by atoms with Gasteiger partial charge in [0.15, 0.2) is 0 Å². The van der Waals surface area contributed by atoms with Gasteiger partial charge in [-0.15, -0.1) is 0 Å². The highest BCUT2D eigenvalue weighted by molar-refractivity contribution is 6.12. The number of hydrogen-bond donors (Lipinski definition) is 3. The summed E-state index contributed by atoms with van der Waals surface area (Å²) in [5, 5.41) is 3.07. The molecular formula is C30H44N4O2. The van der Waals surface area contributed by atoms with Crippen molar-refractivity contribution in [1.29, 1.82) is 0 Å². The van der Waals surface area contributed by atoms with Crippen molar-refractivity contribution in [3.63, 3.8) is 0 Å². The lowest BCUT2D eigenvalue weighted by molar-refractivity contribution is 0.102. The van der Waals surface area contributed by atoms with Gasteiger partial charge in [0.2, 0.25) is 0 Å². The first-order valence-corrected chi connectivity index (χ1v) is 13.5. The third-order valence-corrected chi connectivity index (χ3v) is 6.31. The maximum atomic E-state index is 13.7. The van der Waals surface area contributed by atoms with Crippen LogP contribution in [0, 0.1) is 5.41 Å². The Kier molecular flexibility index (Phi) is 9.94. The second-order valence-corrected chi connectivity index (χ2v) is 11.0. The van der Waals surface area contributed by atoms with Crippen molar-refractivity contribution < 1.29 is 9.53 Å². The number of hydrogen-bond acceptors (Lipinski definition) is 4. The van der Waals surface area contributed by atoms with Crippen molar-refractivity contribution in [3.05, 3.63) is 53.3 Å². The van der Waals surface area contributed by atoms with Gasteiger partial charge in [0, 0.05) is 18.2 Å². The Morgan fingerprint density at radius 1 is 1.03 bits per heavy atom. The normalized spacial score (nSPS) is 12.6. The molecule has 2 aromatic carbocycles. The highest BCUT2D eigenvalue weighted by Gasteiger charge is 2.23. The molecule has 0 aliphatic heterocycles. The Morgan fingerprint density at radius 2 is 1.72 bits per heavy atom. The third-order valence-electron chi connectivity index (χ3n) is 6.31. The summed E-state index contributed by atoms with van der Waals surface area (Å²) in [6.07, 6.45) is 8.29. The summed E-state index contributed by atoms with van der Waals surface area (Å²) >= 11 is 0. The molecule has 0 spiro atoms.